The third-order valence-corrected chi connectivity index (χ3v) is 4.75. The molecule has 1 aliphatic rings. The van der Waals surface area contributed by atoms with E-state index in [0.29, 0.717) is 12.8 Å². The zero-order valence-electron chi connectivity index (χ0n) is 19.6. The molecule has 0 amide bonds. The van der Waals surface area contributed by atoms with Gasteiger partial charge in [0.15, 0.2) is 10.8 Å². The van der Waals surface area contributed by atoms with Gasteiger partial charge in [-0.05, 0) is 53.4 Å². The first-order valence-corrected chi connectivity index (χ1v) is 10.8. The van der Waals surface area contributed by atoms with Gasteiger partial charge in [-0.1, -0.05) is 39.2 Å². The van der Waals surface area contributed by atoms with E-state index < -0.39 is 34.7 Å². The SMILES string of the molecule is C.C.C=CCC(CC=C)(C(=O)OCC)C(=O)OCC.CCOC(=O)C1(C(=O)OCC)CC=CC1. The van der Waals surface area contributed by atoms with Gasteiger partial charge in [0.2, 0.25) is 0 Å². The van der Waals surface area contributed by atoms with Crippen LogP contribution in [0.1, 0.15) is 68.2 Å². The summed E-state index contributed by atoms with van der Waals surface area (Å²) in [5.74, 6) is -2.13. The summed E-state index contributed by atoms with van der Waals surface area (Å²) in [5.41, 5.74) is -2.46. The minimum atomic E-state index is -1.34. The second-order valence-corrected chi connectivity index (χ2v) is 6.91. The van der Waals surface area contributed by atoms with Crippen molar-refractivity contribution in [3.8, 4) is 0 Å². The predicted octanol–water partition coefficient (Wildman–Crippen LogP) is 4.97. The highest BCUT2D eigenvalue weighted by molar-refractivity contribution is 6.01. The van der Waals surface area contributed by atoms with Gasteiger partial charge in [0, 0.05) is 0 Å². The standard InChI is InChI=1S/C13H20O4.C11H16O4.2CH4/c1-5-9-13(10-6-2,11(14)16-7-3)12(15)17-8-4;1-3-14-9(12)11(7-5-6-8-11)10(13)15-4-2;;/h5-6H,1-2,7-10H2,3-4H3;5-6H,3-4,7-8H2,1-2H3;2*1H4. The van der Waals surface area contributed by atoms with Gasteiger partial charge >= 0.3 is 23.9 Å². The molecule has 0 atom stereocenters. The number of rotatable bonds is 12. The molecule has 0 radical (unpaired) electrons. The third-order valence-electron chi connectivity index (χ3n) is 4.75. The lowest BCUT2D eigenvalue weighted by molar-refractivity contribution is -0.173. The van der Waals surface area contributed by atoms with E-state index >= 15 is 0 Å². The average Bonchev–Trinajstić information content (AvgIpc) is 3.26. The Morgan fingerprint density at radius 2 is 1.06 bits per heavy atom. The second kappa shape index (κ2) is 18.5. The van der Waals surface area contributed by atoms with Crippen LogP contribution in [0.3, 0.4) is 0 Å². The van der Waals surface area contributed by atoms with Crippen LogP contribution in [0.4, 0.5) is 0 Å². The lowest BCUT2D eigenvalue weighted by atomic mass is 9.81. The minimum Gasteiger partial charge on any atom is -0.465 e. The maximum atomic E-state index is 11.9. The molecular formula is C26H44O8. The Balaban J connectivity index is -0.000000537. The zero-order valence-corrected chi connectivity index (χ0v) is 19.6. The van der Waals surface area contributed by atoms with E-state index in [-0.39, 0.29) is 54.1 Å². The van der Waals surface area contributed by atoms with Crippen molar-refractivity contribution < 1.29 is 38.1 Å². The molecule has 0 N–H and O–H groups in total. The largest absolute Gasteiger partial charge is 0.465 e. The van der Waals surface area contributed by atoms with Crippen LogP contribution in [0.5, 0.6) is 0 Å². The molecule has 8 nitrogen and oxygen atoms in total. The van der Waals surface area contributed by atoms with Gasteiger partial charge in [0.25, 0.3) is 0 Å². The van der Waals surface area contributed by atoms with Crippen LogP contribution >= 0.6 is 0 Å². The van der Waals surface area contributed by atoms with E-state index in [2.05, 4.69) is 13.2 Å². The molecule has 196 valence electrons. The van der Waals surface area contributed by atoms with E-state index in [4.69, 9.17) is 18.9 Å². The Kier molecular flexibility index (Phi) is 19.4. The molecular weight excluding hydrogens is 440 g/mol. The van der Waals surface area contributed by atoms with Crippen LogP contribution in [0.15, 0.2) is 37.5 Å². The van der Waals surface area contributed by atoms with Crippen molar-refractivity contribution in [2.24, 2.45) is 10.8 Å². The van der Waals surface area contributed by atoms with Gasteiger partial charge in [-0.15, -0.1) is 13.2 Å². The van der Waals surface area contributed by atoms with E-state index in [9.17, 15) is 19.2 Å². The van der Waals surface area contributed by atoms with Crippen molar-refractivity contribution >= 4 is 23.9 Å². The Morgan fingerprint density at radius 1 is 0.735 bits per heavy atom. The number of hydrogen-bond acceptors (Lipinski definition) is 8. The Morgan fingerprint density at radius 3 is 1.32 bits per heavy atom. The highest BCUT2D eigenvalue weighted by Gasteiger charge is 2.49. The normalized spacial score (nSPS) is 12.9. The minimum absolute atomic E-state index is 0. The molecule has 1 aliphatic carbocycles. The molecule has 8 heteroatoms. The van der Waals surface area contributed by atoms with Crippen LogP contribution in [0, 0.1) is 10.8 Å². The summed E-state index contributed by atoms with van der Waals surface area (Å²) in [6.07, 6.45) is 7.76. The second-order valence-electron chi connectivity index (χ2n) is 6.91. The van der Waals surface area contributed by atoms with Gasteiger partial charge in [0.05, 0.1) is 26.4 Å². The molecule has 0 aromatic rings. The summed E-state index contributed by atoms with van der Waals surface area (Å²) in [4.78, 5) is 47.3. The summed E-state index contributed by atoms with van der Waals surface area (Å²) >= 11 is 0. The molecule has 0 heterocycles. The average molecular weight is 485 g/mol. The predicted molar refractivity (Wildman–Crippen MR) is 133 cm³/mol. The first kappa shape index (κ1) is 35.7. The molecule has 0 aromatic heterocycles. The summed E-state index contributed by atoms with van der Waals surface area (Å²) in [6.45, 7) is 14.9. The quantitative estimate of drug-likeness (QED) is 0.165. The monoisotopic (exact) mass is 484 g/mol. The Bertz CT molecular complexity index is 635. The molecule has 0 aliphatic heterocycles. The number of carbonyl (C=O) groups excluding carboxylic acids is 4. The fourth-order valence-electron chi connectivity index (χ4n) is 3.14. The molecule has 0 saturated carbocycles. The van der Waals surface area contributed by atoms with Crippen molar-refractivity contribution in [3.05, 3.63) is 37.5 Å². The summed E-state index contributed by atoms with van der Waals surface area (Å²) in [5, 5.41) is 0. The number of esters is 4. The van der Waals surface area contributed by atoms with Gasteiger partial charge in [-0.3, -0.25) is 19.2 Å². The van der Waals surface area contributed by atoms with Crippen LogP contribution in [-0.4, -0.2) is 50.3 Å². The molecule has 0 aromatic carbocycles. The van der Waals surface area contributed by atoms with Gasteiger partial charge < -0.3 is 18.9 Å². The summed E-state index contributed by atoms with van der Waals surface area (Å²) < 4.78 is 19.7. The molecule has 0 bridgehead atoms. The lowest BCUT2D eigenvalue weighted by Gasteiger charge is -2.26. The van der Waals surface area contributed by atoms with Crippen molar-refractivity contribution in [2.75, 3.05) is 26.4 Å². The van der Waals surface area contributed by atoms with Crippen LogP contribution in [-0.2, 0) is 38.1 Å². The lowest BCUT2D eigenvalue weighted by Crippen LogP contribution is -2.41. The number of hydrogen-bond donors (Lipinski definition) is 0. The Hall–Kier alpha value is -2.90. The first-order chi connectivity index (χ1) is 15.3. The summed E-state index contributed by atoms with van der Waals surface area (Å²) in [6, 6.07) is 0. The molecule has 0 fully saturated rings. The fourth-order valence-corrected chi connectivity index (χ4v) is 3.14. The van der Waals surface area contributed by atoms with Crippen LogP contribution in [0.25, 0.3) is 0 Å². The number of ether oxygens (including phenoxy) is 4. The van der Waals surface area contributed by atoms with Crippen molar-refractivity contribution in [1.29, 1.82) is 0 Å². The van der Waals surface area contributed by atoms with Crippen molar-refractivity contribution in [2.45, 2.75) is 68.2 Å². The zero-order chi connectivity index (χ0) is 24.6. The first-order valence-electron chi connectivity index (χ1n) is 10.8. The summed E-state index contributed by atoms with van der Waals surface area (Å²) in [7, 11) is 0. The highest BCUT2D eigenvalue weighted by Crippen LogP contribution is 2.36. The number of carbonyl (C=O) groups is 4. The van der Waals surface area contributed by atoms with E-state index in [1.807, 2.05) is 12.2 Å². The van der Waals surface area contributed by atoms with Gasteiger partial charge in [0.1, 0.15) is 0 Å². The van der Waals surface area contributed by atoms with Gasteiger partial charge in [-0.2, -0.15) is 0 Å². The fraction of sp³-hybridized carbons (Fsp3) is 0.615. The highest BCUT2D eigenvalue weighted by atomic mass is 16.6. The molecule has 1 rings (SSSR count). The van der Waals surface area contributed by atoms with E-state index in [0.717, 1.165) is 0 Å². The number of allylic oxidation sites excluding steroid dienone is 4. The van der Waals surface area contributed by atoms with Crippen LogP contribution in [0.2, 0.25) is 0 Å². The topological polar surface area (TPSA) is 105 Å². The van der Waals surface area contributed by atoms with Crippen LogP contribution < -0.4 is 0 Å². The smallest absolute Gasteiger partial charge is 0.324 e. The maximum Gasteiger partial charge on any atom is 0.324 e. The molecule has 0 saturated heterocycles. The molecule has 0 spiro atoms. The van der Waals surface area contributed by atoms with E-state index in [1.54, 1.807) is 27.7 Å². The molecule has 0 unspecified atom stereocenters. The third kappa shape index (κ3) is 9.15. The molecule has 34 heavy (non-hydrogen) atoms. The maximum absolute atomic E-state index is 11.9. The van der Waals surface area contributed by atoms with Crippen molar-refractivity contribution in [3.63, 3.8) is 0 Å². The van der Waals surface area contributed by atoms with E-state index in [1.165, 1.54) is 12.2 Å². The van der Waals surface area contributed by atoms with Gasteiger partial charge in [-0.25, -0.2) is 0 Å². The van der Waals surface area contributed by atoms with Crippen molar-refractivity contribution in [1.82, 2.24) is 0 Å². The Labute approximate surface area is 205 Å².